The number of ether oxygens (including phenoxy) is 1. The topological polar surface area (TPSA) is 60.2 Å². The van der Waals surface area contributed by atoms with E-state index in [1.165, 1.54) is 0 Å². The highest BCUT2D eigenvalue weighted by Crippen LogP contribution is 2.25. The van der Waals surface area contributed by atoms with E-state index in [1.54, 1.807) is 6.20 Å². The molecule has 0 saturated heterocycles. The minimum Gasteiger partial charge on any atom is -0.478 e. The zero-order chi connectivity index (χ0) is 14.5. The smallest absolute Gasteiger partial charge is 0.213 e. The number of thiocarbonyl (C=S) groups is 1. The number of nitrogens with two attached hydrogens (primary N) is 1. The Hall–Kier alpha value is -1.66. The van der Waals surface area contributed by atoms with Gasteiger partial charge in [0.15, 0.2) is 0 Å². The van der Waals surface area contributed by atoms with Crippen molar-refractivity contribution in [2.45, 2.75) is 6.92 Å². The quantitative estimate of drug-likeness (QED) is 0.805. The number of pyridine rings is 1. The van der Waals surface area contributed by atoms with Crippen LogP contribution in [0.3, 0.4) is 0 Å². The number of rotatable bonds is 5. The average Bonchev–Trinajstić information content (AvgIpc) is 2.41. The van der Waals surface area contributed by atoms with Gasteiger partial charge in [-0.25, -0.2) is 4.98 Å². The molecule has 2 aromatic rings. The maximum Gasteiger partial charge on any atom is 0.213 e. The minimum absolute atomic E-state index is 0.346. The van der Waals surface area contributed by atoms with E-state index in [-0.39, 0.29) is 0 Å². The third-order valence-electron chi connectivity index (χ3n) is 2.55. The monoisotopic (exact) mass is 351 g/mol. The summed E-state index contributed by atoms with van der Waals surface area (Å²) in [6.07, 6.45) is 1.70. The van der Waals surface area contributed by atoms with E-state index in [9.17, 15) is 0 Å². The van der Waals surface area contributed by atoms with Crippen LogP contribution in [0.2, 0.25) is 0 Å². The summed E-state index contributed by atoms with van der Waals surface area (Å²) in [5.74, 6) is 0.599. The maximum absolute atomic E-state index is 5.72. The summed E-state index contributed by atoms with van der Waals surface area (Å²) in [5, 5.41) is 3.25. The largest absolute Gasteiger partial charge is 0.478 e. The van der Waals surface area contributed by atoms with Gasteiger partial charge in [0, 0.05) is 21.8 Å². The van der Waals surface area contributed by atoms with E-state index in [0.717, 1.165) is 21.4 Å². The standard InChI is InChI=1S/C14H14BrN3OS/c1-2-19-13-6-4-10(8-17-13)18-12-7-9(15)3-5-11(12)14(16)20/h3-8,18H,2H2,1H3,(H2,16,20). The number of anilines is 2. The molecule has 6 heteroatoms. The van der Waals surface area contributed by atoms with E-state index in [1.807, 2.05) is 37.3 Å². The maximum atomic E-state index is 5.72. The van der Waals surface area contributed by atoms with Gasteiger partial charge in [0.05, 0.1) is 18.5 Å². The molecule has 0 aliphatic rings. The van der Waals surface area contributed by atoms with Crippen molar-refractivity contribution in [3.05, 3.63) is 46.6 Å². The molecule has 0 unspecified atom stereocenters. The van der Waals surface area contributed by atoms with Gasteiger partial charge in [-0.2, -0.15) is 0 Å². The van der Waals surface area contributed by atoms with E-state index in [4.69, 9.17) is 22.7 Å². The molecule has 0 bridgehead atoms. The molecule has 1 heterocycles. The summed E-state index contributed by atoms with van der Waals surface area (Å²) in [7, 11) is 0. The molecule has 0 amide bonds. The summed E-state index contributed by atoms with van der Waals surface area (Å²) in [5.41, 5.74) is 8.18. The van der Waals surface area contributed by atoms with E-state index >= 15 is 0 Å². The Balaban J connectivity index is 2.25. The third kappa shape index (κ3) is 3.68. The molecule has 0 fully saturated rings. The fraction of sp³-hybridized carbons (Fsp3) is 0.143. The van der Waals surface area contributed by atoms with Gasteiger partial charge in [0.1, 0.15) is 4.99 Å². The van der Waals surface area contributed by atoms with Crippen molar-refractivity contribution in [3.63, 3.8) is 0 Å². The van der Waals surface area contributed by atoms with Crippen LogP contribution in [-0.2, 0) is 0 Å². The van der Waals surface area contributed by atoms with Gasteiger partial charge >= 0.3 is 0 Å². The van der Waals surface area contributed by atoms with Crippen LogP contribution in [-0.4, -0.2) is 16.6 Å². The molecular formula is C14H14BrN3OS. The average molecular weight is 352 g/mol. The van der Waals surface area contributed by atoms with Gasteiger partial charge in [0.2, 0.25) is 5.88 Å². The Morgan fingerprint density at radius 3 is 2.80 bits per heavy atom. The summed E-state index contributed by atoms with van der Waals surface area (Å²) >= 11 is 8.48. The predicted molar refractivity (Wildman–Crippen MR) is 88.7 cm³/mol. The molecule has 1 aromatic carbocycles. The van der Waals surface area contributed by atoms with Gasteiger partial charge in [-0.05, 0) is 31.2 Å². The molecule has 0 atom stereocenters. The van der Waals surface area contributed by atoms with Crippen LogP contribution in [0.4, 0.5) is 11.4 Å². The normalized spacial score (nSPS) is 10.1. The van der Waals surface area contributed by atoms with Crippen LogP contribution in [0.1, 0.15) is 12.5 Å². The van der Waals surface area contributed by atoms with Crippen molar-refractivity contribution in [3.8, 4) is 5.88 Å². The number of aromatic nitrogens is 1. The molecule has 1 aromatic heterocycles. The first-order valence-electron chi connectivity index (χ1n) is 6.05. The Morgan fingerprint density at radius 1 is 1.40 bits per heavy atom. The zero-order valence-corrected chi connectivity index (χ0v) is 13.3. The fourth-order valence-electron chi connectivity index (χ4n) is 1.68. The van der Waals surface area contributed by atoms with Crippen LogP contribution in [0.5, 0.6) is 5.88 Å². The van der Waals surface area contributed by atoms with Crippen molar-refractivity contribution in [1.29, 1.82) is 0 Å². The lowest BCUT2D eigenvalue weighted by molar-refractivity contribution is 0.327. The number of halogens is 1. The van der Waals surface area contributed by atoms with Crippen LogP contribution in [0.15, 0.2) is 41.0 Å². The lowest BCUT2D eigenvalue weighted by atomic mass is 10.1. The van der Waals surface area contributed by atoms with Crippen molar-refractivity contribution in [2.75, 3.05) is 11.9 Å². The van der Waals surface area contributed by atoms with Gasteiger partial charge in [0.25, 0.3) is 0 Å². The number of benzene rings is 1. The summed E-state index contributed by atoms with van der Waals surface area (Å²) in [4.78, 5) is 4.55. The molecular weight excluding hydrogens is 338 g/mol. The summed E-state index contributed by atoms with van der Waals surface area (Å²) in [6.45, 7) is 2.51. The van der Waals surface area contributed by atoms with Gasteiger partial charge in [-0.15, -0.1) is 0 Å². The highest BCUT2D eigenvalue weighted by atomic mass is 79.9. The first-order chi connectivity index (χ1) is 9.60. The second-order valence-electron chi connectivity index (χ2n) is 4.00. The SMILES string of the molecule is CCOc1ccc(Nc2cc(Br)ccc2C(N)=S)cn1. The highest BCUT2D eigenvalue weighted by Gasteiger charge is 2.06. The zero-order valence-electron chi connectivity index (χ0n) is 10.9. The molecule has 20 heavy (non-hydrogen) atoms. The Morgan fingerprint density at radius 2 is 2.20 bits per heavy atom. The van der Waals surface area contributed by atoms with E-state index in [0.29, 0.717) is 17.5 Å². The molecule has 3 N–H and O–H groups in total. The second kappa shape index (κ2) is 6.67. The summed E-state index contributed by atoms with van der Waals surface area (Å²) < 4.78 is 6.25. The number of nitrogens with zero attached hydrogens (tertiary/aromatic N) is 1. The van der Waals surface area contributed by atoms with Crippen molar-refractivity contribution in [2.24, 2.45) is 5.73 Å². The Kier molecular flexibility index (Phi) is 4.92. The van der Waals surface area contributed by atoms with Crippen LogP contribution in [0.25, 0.3) is 0 Å². The molecule has 0 aliphatic carbocycles. The Labute approximate surface area is 131 Å². The second-order valence-corrected chi connectivity index (χ2v) is 5.35. The van der Waals surface area contributed by atoms with Crippen LogP contribution in [0, 0.1) is 0 Å². The Bertz CT molecular complexity index is 616. The highest BCUT2D eigenvalue weighted by molar-refractivity contribution is 9.10. The van der Waals surface area contributed by atoms with Crippen molar-refractivity contribution < 1.29 is 4.74 Å². The third-order valence-corrected chi connectivity index (χ3v) is 3.27. The first kappa shape index (κ1) is 14.7. The van der Waals surface area contributed by atoms with E-state index in [2.05, 4.69) is 26.2 Å². The molecule has 0 saturated carbocycles. The summed E-state index contributed by atoms with van der Waals surface area (Å²) in [6, 6.07) is 9.39. The molecule has 4 nitrogen and oxygen atoms in total. The first-order valence-corrected chi connectivity index (χ1v) is 7.25. The minimum atomic E-state index is 0.346. The predicted octanol–water partition coefficient (Wildman–Crippen LogP) is 3.62. The van der Waals surface area contributed by atoms with Crippen molar-refractivity contribution in [1.82, 2.24) is 4.98 Å². The molecule has 0 spiro atoms. The lowest BCUT2D eigenvalue weighted by Gasteiger charge is -2.12. The van der Waals surface area contributed by atoms with Gasteiger partial charge < -0.3 is 15.8 Å². The van der Waals surface area contributed by atoms with Gasteiger partial charge in [-0.3, -0.25) is 0 Å². The van der Waals surface area contributed by atoms with Crippen LogP contribution >= 0.6 is 28.1 Å². The molecule has 0 aliphatic heterocycles. The van der Waals surface area contributed by atoms with Crippen LogP contribution < -0.4 is 15.8 Å². The number of hydrogen-bond donors (Lipinski definition) is 2. The van der Waals surface area contributed by atoms with E-state index < -0.39 is 0 Å². The molecule has 104 valence electrons. The van der Waals surface area contributed by atoms with Crippen molar-refractivity contribution >= 4 is 44.5 Å². The fourth-order valence-corrected chi connectivity index (χ4v) is 2.22. The lowest BCUT2D eigenvalue weighted by Crippen LogP contribution is -2.11. The molecule has 0 radical (unpaired) electrons. The van der Waals surface area contributed by atoms with Gasteiger partial charge in [-0.1, -0.05) is 28.1 Å². The number of hydrogen-bond acceptors (Lipinski definition) is 4. The number of nitrogens with one attached hydrogen (secondary N) is 1. The molecule has 2 rings (SSSR count).